The molecule has 0 N–H and O–H groups in total. The van der Waals surface area contributed by atoms with Crippen LogP contribution < -0.4 is 4.90 Å². The molecule has 0 saturated carbocycles. The Hall–Kier alpha value is -2.97. The highest BCUT2D eigenvalue weighted by Crippen LogP contribution is 2.30. The Morgan fingerprint density at radius 3 is 2.50 bits per heavy atom. The van der Waals surface area contributed by atoms with Crippen molar-refractivity contribution in [1.82, 2.24) is 19.7 Å². The van der Waals surface area contributed by atoms with Gasteiger partial charge in [-0.2, -0.15) is 0 Å². The van der Waals surface area contributed by atoms with Gasteiger partial charge in [0.05, 0.1) is 17.1 Å². The Kier molecular flexibility index (Phi) is 5.50. The number of nitrogens with zero attached hydrogens (tertiary/aromatic N) is 5. The highest BCUT2D eigenvalue weighted by atomic mass is 32.2. The van der Waals surface area contributed by atoms with Gasteiger partial charge >= 0.3 is 0 Å². The maximum atomic E-state index is 13.1. The van der Waals surface area contributed by atoms with Crippen LogP contribution in [0.4, 0.5) is 10.8 Å². The Morgan fingerprint density at radius 1 is 1.11 bits per heavy atom. The number of thiazole rings is 1. The second kappa shape index (κ2) is 8.37. The van der Waals surface area contributed by atoms with Crippen molar-refractivity contribution < 1.29 is 4.79 Å². The molecular formula is C20H17N5OS2. The Balaban J connectivity index is 1.56. The van der Waals surface area contributed by atoms with Gasteiger partial charge in [0.25, 0.3) is 0 Å². The number of carbonyl (C=O) groups is 1. The predicted octanol–water partition coefficient (Wildman–Crippen LogP) is 4.49. The van der Waals surface area contributed by atoms with Crippen molar-refractivity contribution in [3.05, 3.63) is 78.1 Å². The number of hydrogen-bond donors (Lipinski definition) is 0. The van der Waals surface area contributed by atoms with Crippen LogP contribution in [0.5, 0.6) is 0 Å². The van der Waals surface area contributed by atoms with Crippen LogP contribution in [0.2, 0.25) is 0 Å². The molecule has 1 amide bonds. The number of hydrogen-bond acceptors (Lipinski definition) is 6. The Morgan fingerprint density at radius 2 is 1.82 bits per heavy atom. The number of aromatic nitrogens is 4. The molecule has 28 heavy (non-hydrogen) atoms. The number of para-hydroxylation sites is 2. The van der Waals surface area contributed by atoms with E-state index in [4.69, 9.17) is 0 Å². The molecular weight excluding hydrogens is 390 g/mol. The first-order valence-electron chi connectivity index (χ1n) is 8.61. The summed E-state index contributed by atoms with van der Waals surface area (Å²) in [4.78, 5) is 19.3. The summed E-state index contributed by atoms with van der Waals surface area (Å²) in [6, 6.07) is 19.4. The van der Waals surface area contributed by atoms with Gasteiger partial charge in [-0.25, -0.2) is 4.98 Å². The molecule has 0 aliphatic rings. The van der Waals surface area contributed by atoms with Crippen LogP contribution in [0.1, 0.15) is 5.69 Å². The summed E-state index contributed by atoms with van der Waals surface area (Å²) in [6.45, 7) is 1.92. The second-order valence-corrected chi connectivity index (χ2v) is 7.72. The lowest BCUT2D eigenvalue weighted by atomic mass is 10.3. The van der Waals surface area contributed by atoms with E-state index < -0.39 is 0 Å². The van der Waals surface area contributed by atoms with E-state index in [1.807, 2.05) is 77.5 Å². The van der Waals surface area contributed by atoms with Gasteiger partial charge in [-0.1, -0.05) is 48.2 Å². The van der Waals surface area contributed by atoms with E-state index in [9.17, 15) is 4.79 Å². The fraction of sp³-hybridized carbons (Fsp3) is 0.100. The zero-order valence-electron chi connectivity index (χ0n) is 15.1. The predicted molar refractivity (Wildman–Crippen MR) is 113 cm³/mol. The molecule has 140 valence electrons. The smallest absolute Gasteiger partial charge is 0.243 e. The summed E-state index contributed by atoms with van der Waals surface area (Å²) < 4.78 is 1.87. The fourth-order valence-corrected chi connectivity index (χ4v) is 4.28. The van der Waals surface area contributed by atoms with E-state index in [1.165, 1.54) is 23.1 Å². The molecule has 4 rings (SSSR count). The average Bonchev–Trinajstić information content (AvgIpc) is 3.37. The molecule has 0 atom stereocenters. The zero-order chi connectivity index (χ0) is 19.3. The van der Waals surface area contributed by atoms with Crippen LogP contribution in [-0.4, -0.2) is 31.4 Å². The molecule has 2 aromatic carbocycles. The van der Waals surface area contributed by atoms with Crippen molar-refractivity contribution in [3.8, 4) is 5.69 Å². The molecule has 4 aromatic rings. The number of rotatable bonds is 6. The largest absolute Gasteiger partial charge is 0.277 e. The SMILES string of the molecule is Cc1csc(N(C(=O)CSc2nncn2-c2ccccc2)c2ccccc2)n1. The third-order valence-electron chi connectivity index (χ3n) is 3.94. The molecule has 0 aliphatic carbocycles. The maximum absolute atomic E-state index is 13.1. The van der Waals surface area contributed by atoms with Crippen molar-refractivity contribution in [2.24, 2.45) is 0 Å². The van der Waals surface area contributed by atoms with Crippen LogP contribution in [0.3, 0.4) is 0 Å². The fourth-order valence-electron chi connectivity index (χ4n) is 2.66. The summed E-state index contributed by atoms with van der Waals surface area (Å²) in [7, 11) is 0. The van der Waals surface area contributed by atoms with Crippen molar-refractivity contribution in [2.45, 2.75) is 12.1 Å². The van der Waals surface area contributed by atoms with Gasteiger partial charge in [-0.3, -0.25) is 14.3 Å². The molecule has 6 nitrogen and oxygen atoms in total. The van der Waals surface area contributed by atoms with E-state index in [0.717, 1.165) is 17.1 Å². The van der Waals surface area contributed by atoms with Crippen molar-refractivity contribution in [1.29, 1.82) is 0 Å². The van der Waals surface area contributed by atoms with Gasteiger partial charge < -0.3 is 0 Å². The quantitative estimate of drug-likeness (QED) is 0.441. The number of benzene rings is 2. The van der Waals surface area contributed by atoms with E-state index in [0.29, 0.717) is 10.3 Å². The van der Waals surface area contributed by atoms with Gasteiger partial charge in [-0.15, -0.1) is 21.5 Å². The van der Waals surface area contributed by atoms with E-state index >= 15 is 0 Å². The molecule has 0 unspecified atom stereocenters. The minimum Gasteiger partial charge on any atom is -0.277 e. The zero-order valence-corrected chi connectivity index (χ0v) is 16.7. The Bertz CT molecular complexity index is 1060. The Labute approximate surface area is 170 Å². The summed E-state index contributed by atoms with van der Waals surface area (Å²) in [5, 5.41) is 11.4. The lowest BCUT2D eigenvalue weighted by Gasteiger charge is -2.19. The van der Waals surface area contributed by atoms with Gasteiger partial charge in [-0.05, 0) is 31.2 Å². The van der Waals surface area contributed by atoms with Crippen LogP contribution in [0.15, 0.2) is 77.5 Å². The normalized spacial score (nSPS) is 10.8. The highest BCUT2D eigenvalue weighted by Gasteiger charge is 2.22. The average molecular weight is 408 g/mol. The third-order valence-corrected chi connectivity index (χ3v) is 5.81. The van der Waals surface area contributed by atoms with E-state index in [1.54, 1.807) is 11.2 Å². The molecule has 0 bridgehead atoms. The van der Waals surface area contributed by atoms with Crippen LogP contribution >= 0.6 is 23.1 Å². The molecule has 0 fully saturated rings. The van der Waals surface area contributed by atoms with E-state index in [2.05, 4.69) is 15.2 Å². The minimum atomic E-state index is -0.0619. The molecule has 8 heteroatoms. The molecule has 0 radical (unpaired) electrons. The first kappa shape index (κ1) is 18.4. The topological polar surface area (TPSA) is 63.9 Å². The van der Waals surface area contributed by atoms with Crippen LogP contribution in [-0.2, 0) is 4.79 Å². The van der Waals surface area contributed by atoms with Gasteiger partial charge in [0.2, 0.25) is 5.91 Å². The lowest BCUT2D eigenvalue weighted by molar-refractivity contribution is -0.115. The summed E-state index contributed by atoms with van der Waals surface area (Å²) >= 11 is 2.81. The number of anilines is 2. The number of amides is 1. The number of thioether (sulfide) groups is 1. The van der Waals surface area contributed by atoms with Crippen LogP contribution in [0.25, 0.3) is 5.69 Å². The number of aryl methyl sites for hydroxylation is 1. The lowest BCUT2D eigenvalue weighted by Crippen LogP contribution is -2.27. The molecule has 2 heterocycles. The second-order valence-electron chi connectivity index (χ2n) is 5.94. The molecule has 0 saturated heterocycles. The summed E-state index contributed by atoms with van der Waals surface area (Å²) in [5.41, 5.74) is 2.65. The van der Waals surface area contributed by atoms with Gasteiger partial charge in [0.1, 0.15) is 6.33 Å². The van der Waals surface area contributed by atoms with E-state index in [-0.39, 0.29) is 11.7 Å². The molecule has 0 aliphatic heterocycles. The maximum Gasteiger partial charge on any atom is 0.243 e. The first-order chi connectivity index (χ1) is 13.7. The van der Waals surface area contributed by atoms with Crippen molar-refractivity contribution in [3.63, 3.8) is 0 Å². The summed E-state index contributed by atoms with van der Waals surface area (Å²) in [6.07, 6.45) is 1.65. The highest BCUT2D eigenvalue weighted by molar-refractivity contribution is 7.99. The van der Waals surface area contributed by atoms with Gasteiger partial charge in [0, 0.05) is 11.1 Å². The van der Waals surface area contributed by atoms with Crippen molar-refractivity contribution >= 4 is 39.8 Å². The summed E-state index contributed by atoms with van der Waals surface area (Å²) in [5.74, 6) is 0.159. The molecule has 2 aromatic heterocycles. The number of carbonyl (C=O) groups excluding carboxylic acids is 1. The first-order valence-corrected chi connectivity index (χ1v) is 10.5. The standard InChI is InChI=1S/C20H17N5OS2/c1-15-12-27-19(22-15)25(17-10-6-3-7-11-17)18(26)13-28-20-23-21-14-24(20)16-8-4-2-5-9-16/h2-12,14H,13H2,1H3. The minimum absolute atomic E-state index is 0.0619. The monoisotopic (exact) mass is 407 g/mol. The molecule has 0 spiro atoms. The van der Waals surface area contributed by atoms with Crippen molar-refractivity contribution in [2.75, 3.05) is 10.7 Å². The van der Waals surface area contributed by atoms with Gasteiger partial charge in [0.15, 0.2) is 10.3 Å². The third kappa shape index (κ3) is 3.97. The van der Waals surface area contributed by atoms with Crippen LogP contribution in [0, 0.1) is 6.92 Å².